The number of aromatic nitrogens is 3. The highest BCUT2D eigenvalue weighted by molar-refractivity contribution is 6.05. The van der Waals surface area contributed by atoms with E-state index in [1.165, 1.54) is 4.57 Å². The fraction of sp³-hybridized carbons (Fsp3) is 0.619. The third-order valence-corrected chi connectivity index (χ3v) is 5.97. The van der Waals surface area contributed by atoms with E-state index >= 15 is 0 Å². The van der Waals surface area contributed by atoms with Crippen LogP contribution < -0.4 is 11.2 Å². The molecule has 1 saturated heterocycles. The van der Waals surface area contributed by atoms with Crippen molar-refractivity contribution in [3.05, 3.63) is 38.2 Å². The number of carbonyl (C=O) groups excluding carboxylic acids is 1. The van der Waals surface area contributed by atoms with Crippen molar-refractivity contribution in [1.82, 2.24) is 24.3 Å². The van der Waals surface area contributed by atoms with Crippen molar-refractivity contribution in [3.63, 3.8) is 0 Å². The minimum Gasteiger partial charge on any atom is -0.336 e. The molecule has 2 fully saturated rings. The van der Waals surface area contributed by atoms with Gasteiger partial charge in [-0.3, -0.25) is 24.0 Å². The summed E-state index contributed by atoms with van der Waals surface area (Å²) >= 11 is 0. The molecule has 29 heavy (non-hydrogen) atoms. The van der Waals surface area contributed by atoms with Gasteiger partial charge in [0.25, 0.3) is 11.5 Å². The van der Waals surface area contributed by atoms with Crippen molar-refractivity contribution in [3.8, 4) is 0 Å². The van der Waals surface area contributed by atoms with E-state index in [0.29, 0.717) is 42.8 Å². The minimum atomic E-state index is -0.531. The number of piperazine rings is 1. The topological polar surface area (TPSA) is 91.3 Å². The highest BCUT2D eigenvalue weighted by Crippen LogP contribution is 2.40. The van der Waals surface area contributed by atoms with Crippen molar-refractivity contribution in [2.24, 2.45) is 0 Å². The molecule has 0 unspecified atom stereocenters. The average molecular weight is 399 g/mol. The van der Waals surface area contributed by atoms with Crippen LogP contribution in [-0.4, -0.2) is 62.5 Å². The Morgan fingerprint density at radius 1 is 1.21 bits per heavy atom. The van der Waals surface area contributed by atoms with Crippen LogP contribution in [0.3, 0.4) is 0 Å². The van der Waals surface area contributed by atoms with Crippen LogP contribution in [0.25, 0.3) is 11.0 Å². The van der Waals surface area contributed by atoms with Crippen molar-refractivity contribution in [2.75, 3.05) is 26.2 Å². The molecule has 0 aromatic carbocycles. The number of fused-ring (bicyclic) bond motifs is 1. The summed E-state index contributed by atoms with van der Waals surface area (Å²) in [5.41, 5.74) is 0.539. The maximum atomic E-state index is 13.4. The van der Waals surface area contributed by atoms with Crippen molar-refractivity contribution >= 4 is 16.9 Å². The number of pyridine rings is 1. The predicted molar refractivity (Wildman–Crippen MR) is 112 cm³/mol. The number of nitrogens with one attached hydrogen (secondary N) is 1. The Balaban J connectivity index is 1.81. The van der Waals surface area contributed by atoms with Crippen molar-refractivity contribution in [1.29, 1.82) is 0 Å². The van der Waals surface area contributed by atoms with Gasteiger partial charge in [-0.2, -0.15) is 0 Å². The summed E-state index contributed by atoms with van der Waals surface area (Å²) < 4.78 is 1.50. The number of amides is 1. The van der Waals surface area contributed by atoms with E-state index < -0.39 is 11.2 Å². The van der Waals surface area contributed by atoms with Gasteiger partial charge >= 0.3 is 5.69 Å². The van der Waals surface area contributed by atoms with Gasteiger partial charge < -0.3 is 4.90 Å². The molecule has 2 aliphatic rings. The third kappa shape index (κ3) is 3.73. The number of rotatable bonds is 5. The molecule has 0 spiro atoms. The highest BCUT2D eigenvalue weighted by atomic mass is 16.2. The predicted octanol–water partition coefficient (Wildman–Crippen LogP) is 1.54. The normalized spacial score (nSPS) is 18.0. The van der Waals surface area contributed by atoms with Gasteiger partial charge in [0.2, 0.25) is 0 Å². The summed E-state index contributed by atoms with van der Waals surface area (Å²) in [7, 11) is 0. The standard InChI is InChI=1S/C21H29N5O3/c1-4-7-26-18-17(19(27)23-21(26)29)15(12-16(22-18)14-5-6-14)20(28)25-10-8-24(9-11-25)13(2)3/h12-14H,4-11H2,1-3H3,(H,23,27,29). The number of hydrogen-bond donors (Lipinski definition) is 1. The van der Waals surface area contributed by atoms with Gasteiger partial charge in [0.15, 0.2) is 5.65 Å². The lowest BCUT2D eigenvalue weighted by Crippen LogP contribution is -2.50. The molecule has 1 aliphatic heterocycles. The molecule has 1 N–H and O–H groups in total. The quantitative estimate of drug-likeness (QED) is 0.824. The lowest BCUT2D eigenvalue weighted by atomic mass is 10.1. The Labute approximate surface area is 169 Å². The summed E-state index contributed by atoms with van der Waals surface area (Å²) in [6, 6.07) is 2.23. The summed E-state index contributed by atoms with van der Waals surface area (Å²) in [6.45, 7) is 9.63. The molecule has 0 bridgehead atoms. The van der Waals surface area contributed by atoms with Crippen LogP contribution in [0.15, 0.2) is 15.7 Å². The number of aromatic amines is 1. The second-order valence-electron chi connectivity index (χ2n) is 8.40. The molecule has 8 nitrogen and oxygen atoms in total. The molecular weight excluding hydrogens is 370 g/mol. The number of nitrogens with zero attached hydrogens (tertiary/aromatic N) is 4. The van der Waals surface area contributed by atoms with E-state index in [9.17, 15) is 14.4 Å². The maximum Gasteiger partial charge on any atom is 0.329 e. The van der Waals surface area contributed by atoms with Crippen LogP contribution in [-0.2, 0) is 6.54 Å². The molecule has 2 aromatic heterocycles. The maximum absolute atomic E-state index is 13.4. The van der Waals surface area contributed by atoms with E-state index in [4.69, 9.17) is 0 Å². The van der Waals surface area contributed by atoms with Crippen molar-refractivity contribution < 1.29 is 4.79 Å². The van der Waals surface area contributed by atoms with Crippen molar-refractivity contribution in [2.45, 2.75) is 58.5 Å². The number of carbonyl (C=O) groups is 1. The van der Waals surface area contributed by atoms with Gasteiger partial charge in [0.1, 0.15) is 0 Å². The average Bonchev–Trinajstić information content (AvgIpc) is 3.55. The first-order chi connectivity index (χ1) is 13.9. The summed E-state index contributed by atoms with van der Waals surface area (Å²) in [6.07, 6.45) is 2.79. The Morgan fingerprint density at radius 3 is 2.48 bits per heavy atom. The van der Waals surface area contributed by atoms with Crippen LogP contribution in [0.1, 0.15) is 62.0 Å². The Kier molecular flexibility index (Phi) is 5.29. The molecule has 2 aromatic rings. The van der Waals surface area contributed by atoms with Gasteiger partial charge in [-0.25, -0.2) is 9.78 Å². The fourth-order valence-corrected chi connectivity index (χ4v) is 4.09. The first kappa shape index (κ1) is 19.8. The highest BCUT2D eigenvalue weighted by Gasteiger charge is 2.31. The van der Waals surface area contributed by atoms with Crippen LogP contribution in [0.4, 0.5) is 0 Å². The lowest BCUT2D eigenvalue weighted by Gasteiger charge is -2.37. The van der Waals surface area contributed by atoms with Gasteiger partial charge in [-0.1, -0.05) is 6.92 Å². The van der Waals surface area contributed by atoms with E-state index in [1.54, 1.807) is 6.07 Å². The van der Waals surface area contributed by atoms with E-state index in [1.807, 2.05) is 11.8 Å². The largest absolute Gasteiger partial charge is 0.336 e. The van der Waals surface area contributed by atoms with Crippen LogP contribution in [0.2, 0.25) is 0 Å². The molecular formula is C21H29N5O3. The second kappa shape index (κ2) is 7.74. The smallest absolute Gasteiger partial charge is 0.329 e. The molecule has 1 aliphatic carbocycles. The number of aryl methyl sites for hydroxylation is 1. The monoisotopic (exact) mass is 399 g/mol. The van der Waals surface area contributed by atoms with Crippen LogP contribution in [0, 0.1) is 0 Å². The van der Waals surface area contributed by atoms with E-state index in [-0.39, 0.29) is 11.3 Å². The molecule has 1 amide bonds. The lowest BCUT2D eigenvalue weighted by molar-refractivity contribution is 0.0597. The molecule has 8 heteroatoms. The van der Waals surface area contributed by atoms with Crippen LogP contribution >= 0.6 is 0 Å². The zero-order valence-corrected chi connectivity index (χ0v) is 17.4. The summed E-state index contributed by atoms with van der Waals surface area (Å²) in [5.74, 6) is 0.170. The van der Waals surface area contributed by atoms with E-state index in [0.717, 1.165) is 38.0 Å². The zero-order valence-electron chi connectivity index (χ0n) is 17.4. The molecule has 0 atom stereocenters. The molecule has 0 radical (unpaired) electrons. The SMILES string of the molecule is CCCn1c(=O)[nH]c(=O)c2c(C(=O)N3CCN(C(C)C)CC3)cc(C3CC3)nc21. The molecule has 4 rings (SSSR count). The Hall–Kier alpha value is -2.48. The second-order valence-corrected chi connectivity index (χ2v) is 8.40. The fourth-order valence-electron chi connectivity index (χ4n) is 4.09. The van der Waals surface area contributed by atoms with Gasteiger partial charge in [-0.15, -0.1) is 0 Å². The Bertz CT molecular complexity index is 1040. The zero-order chi connectivity index (χ0) is 20.7. The number of H-pyrrole nitrogens is 1. The van der Waals surface area contributed by atoms with Gasteiger partial charge in [0.05, 0.1) is 10.9 Å². The summed E-state index contributed by atoms with van der Waals surface area (Å²) in [5, 5.41) is 0.235. The Morgan fingerprint density at radius 2 is 1.90 bits per heavy atom. The first-order valence-corrected chi connectivity index (χ1v) is 10.6. The molecule has 156 valence electrons. The number of hydrogen-bond acceptors (Lipinski definition) is 5. The third-order valence-electron chi connectivity index (χ3n) is 5.97. The summed E-state index contributed by atoms with van der Waals surface area (Å²) in [4.78, 5) is 49.7. The van der Waals surface area contributed by atoms with Gasteiger partial charge in [-0.05, 0) is 39.2 Å². The van der Waals surface area contributed by atoms with Gasteiger partial charge in [0, 0.05) is 50.4 Å². The molecule has 3 heterocycles. The van der Waals surface area contributed by atoms with Crippen LogP contribution in [0.5, 0.6) is 0 Å². The van der Waals surface area contributed by atoms with E-state index in [2.05, 4.69) is 28.7 Å². The minimum absolute atomic E-state index is 0.144. The molecule has 1 saturated carbocycles. The first-order valence-electron chi connectivity index (χ1n) is 10.6.